The minimum absolute atomic E-state index is 0.0465. The molecule has 2 heterocycles. The minimum atomic E-state index is -3.64. The van der Waals surface area contributed by atoms with Crippen LogP contribution in [0.15, 0.2) is 40.8 Å². The first-order valence-electron chi connectivity index (χ1n) is 12.2. The second-order valence-corrected chi connectivity index (χ2v) is 11.6. The highest BCUT2D eigenvalue weighted by atomic mass is 32.2. The molecule has 2 fully saturated rings. The highest BCUT2D eigenvalue weighted by Gasteiger charge is 2.36. The summed E-state index contributed by atoms with van der Waals surface area (Å²) < 4.78 is 47.1. The van der Waals surface area contributed by atoms with Crippen molar-refractivity contribution in [2.45, 2.75) is 32.0 Å². The normalized spacial score (nSPS) is 18.1. The average Bonchev–Trinajstić information content (AvgIpc) is 3.48. The van der Waals surface area contributed by atoms with E-state index in [9.17, 15) is 22.6 Å². The van der Waals surface area contributed by atoms with Crippen molar-refractivity contribution in [1.29, 1.82) is 0 Å². The zero-order valence-corrected chi connectivity index (χ0v) is 21.1. The molecule has 1 aromatic heterocycles. The summed E-state index contributed by atoms with van der Waals surface area (Å²) in [7, 11) is -4.29. The molecule has 0 spiro atoms. The van der Waals surface area contributed by atoms with Crippen molar-refractivity contribution >= 4 is 39.6 Å². The number of carbonyl (C=O) groups excluding carboxylic acids is 1. The molecular formula is C25H29BFN3O5S. The monoisotopic (exact) mass is 513 g/mol. The van der Waals surface area contributed by atoms with E-state index >= 15 is 0 Å². The van der Waals surface area contributed by atoms with Gasteiger partial charge in [0.25, 0.3) is 5.91 Å². The highest BCUT2D eigenvalue weighted by Crippen LogP contribution is 2.48. The van der Waals surface area contributed by atoms with Crippen molar-refractivity contribution in [3.8, 4) is 11.3 Å². The van der Waals surface area contributed by atoms with Crippen LogP contribution in [-0.2, 0) is 10.0 Å². The molecule has 0 bridgehead atoms. The molecule has 36 heavy (non-hydrogen) atoms. The predicted octanol–water partition coefficient (Wildman–Crippen LogP) is 3.33. The summed E-state index contributed by atoms with van der Waals surface area (Å²) in [5.41, 5.74) is 2.68. The number of hydrogen-bond donors (Lipinski definition) is 3. The third-order valence-corrected chi connectivity index (χ3v) is 7.96. The summed E-state index contributed by atoms with van der Waals surface area (Å²) in [6, 6.07) is 9.31. The van der Waals surface area contributed by atoms with Crippen LogP contribution in [0.3, 0.4) is 0 Å². The Hall–Kier alpha value is -2.89. The van der Waals surface area contributed by atoms with E-state index in [-0.39, 0.29) is 24.3 Å². The number of sulfonamides is 1. The van der Waals surface area contributed by atoms with Gasteiger partial charge >= 0.3 is 7.05 Å². The largest absolute Gasteiger partial charge is 0.455 e. The van der Waals surface area contributed by atoms with Crippen LogP contribution in [-0.4, -0.2) is 52.3 Å². The first-order chi connectivity index (χ1) is 17.2. The Bertz CT molecular complexity index is 1410. The predicted molar refractivity (Wildman–Crippen MR) is 138 cm³/mol. The standard InChI is InChI=1S/C25H29BFN3O5S/c1-3-28-25(31)23-20-10-19(16-4-5-16)21(30(36(2,33)34)14-15-12-26(32)29-13-15)11-22(20)35-24(23)17-6-8-18(27)9-7-17/h6-11,15-16,29,32H,3-5,12-14H2,1-2H3,(H,28,31). The third kappa shape index (κ3) is 4.87. The number of halogens is 1. The van der Waals surface area contributed by atoms with Gasteiger partial charge in [-0.3, -0.25) is 9.10 Å². The Morgan fingerprint density at radius 2 is 2.00 bits per heavy atom. The molecule has 2 aromatic carbocycles. The smallest absolute Gasteiger partial charge is 0.377 e. The van der Waals surface area contributed by atoms with E-state index in [1.54, 1.807) is 18.2 Å². The van der Waals surface area contributed by atoms with E-state index in [1.807, 2.05) is 13.0 Å². The minimum Gasteiger partial charge on any atom is -0.455 e. The van der Waals surface area contributed by atoms with Crippen LogP contribution in [0, 0.1) is 11.7 Å². The number of carbonyl (C=O) groups is 1. The summed E-state index contributed by atoms with van der Waals surface area (Å²) in [4.78, 5) is 13.1. The first-order valence-corrected chi connectivity index (χ1v) is 14.0. The van der Waals surface area contributed by atoms with Gasteiger partial charge in [-0.15, -0.1) is 0 Å². The zero-order chi connectivity index (χ0) is 25.6. The van der Waals surface area contributed by atoms with Crippen molar-refractivity contribution in [3.63, 3.8) is 0 Å². The molecule has 1 saturated carbocycles. The summed E-state index contributed by atoms with van der Waals surface area (Å²) in [5.74, 6) is -0.259. The highest BCUT2D eigenvalue weighted by molar-refractivity contribution is 7.92. The number of fused-ring (bicyclic) bond motifs is 1. The second-order valence-electron chi connectivity index (χ2n) is 9.67. The molecule has 1 unspecified atom stereocenters. The Balaban J connectivity index is 1.69. The lowest BCUT2D eigenvalue weighted by molar-refractivity contribution is 0.0957. The van der Waals surface area contributed by atoms with Crippen LogP contribution in [0.5, 0.6) is 0 Å². The number of benzene rings is 2. The van der Waals surface area contributed by atoms with Gasteiger partial charge in [0.2, 0.25) is 10.0 Å². The molecule has 1 atom stereocenters. The van der Waals surface area contributed by atoms with E-state index in [0.717, 1.165) is 18.4 Å². The van der Waals surface area contributed by atoms with Crippen molar-refractivity contribution in [2.75, 3.05) is 30.2 Å². The molecule has 1 saturated heterocycles. The lowest BCUT2D eigenvalue weighted by atomic mass is 9.79. The number of rotatable bonds is 8. The van der Waals surface area contributed by atoms with Crippen LogP contribution in [0.1, 0.15) is 41.6 Å². The molecule has 3 aromatic rings. The Kier molecular flexibility index (Phi) is 6.56. The van der Waals surface area contributed by atoms with Gasteiger partial charge in [0.1, 0.15) is 17.2 Å². The molecule has 0 radical (unpaired) electrons. The van der Waals surface area contributed by atoms with Gasteiger partial charge in [0.15, 0.2) is 0 Å². The molecule has 5 rings (SSSR count). The quantitative estimate of drug-likeness (QED) is 0.399. The molecule has 1 aliphatic carbocycles. The SMILES string of the molecule is CCNC(=O)c1c(-c2ccc(F)cc2)oc2cc(N(CC3CNB(O)C3)S(C)(=O)=O)c(C3CC3)cc12. The fourth-order valence-electron chi connectivity index (χ4n) is 4.94. The molecule has 3 N–H and O–H groups in total. The maximum Gasteiger partial charge on any atom is 0.377 e. The number of nitrogens with one attached hydrogen (secondary N) is 2. The van der Waals surface area contributed by atoms with Gasteiger partial charge in [-0.05, 0) is 80.4 Å². The van der Waals surface area contributed by atoms with E-state index in [2.05, 4.69) is 10.5 Å². The van der Waals surface area contributed by atoms with Crippen molar-refractivity contribution in [3.05, 3.63) is 53.3 Å². The fraction of sp³-hybridized carbons (Fsp3) is 0.400. The summed E-state index contributed by atoms with van der Waals surface area (Å²) in [5, 5.41) is 16.3. The van der Waals surface area contributed by atoms with Gasteiger partial charge in [0.05, 0.1) is 17.5 Å². The van der Waals surface area contributed by atoms with Crippen molar-refractivity contribution < 1.29 is 27.0 Å². The van der Waals surface area contributed by atoms with Gasteiger partial charge in [-0.1, -0.05) is 0 Å². The Labute approximate surface area is 210 Å². The number of hydrogen-bond acceptors (Lipinski definition) is 6. The van der Waals surface area contributed by atoms with Gasteiger partial charge in [0, 0.05) is 30.1 Å². The zero-order valence-electron chi connectivity index (χ0n) is 20.3. The van der Waals surface area contributed by atoms with Gasteiger partial charge < -0.3 is 20.0 Å². The van der Waals surface area contributed by atoms with Crippen molar-refractivity contribution in [2.24, 2.45) is 5.92 Å². The first kappa shape index (κ1) is 24.8. The molecule has 1 amide bonds. The molecule has 1 aliphatic heterocycles. The van der Waals surface area contributed by atoms with Crippen LogP contribution < -0.4 is 14.8 Å². The van der Waals surface area contributed by atoms with E-state index in [0.29, 0.717) is 53.0 Å². The summed E-state index contributed by atoms with van der Waals surface area (Å²) >= 11 is 0. The van der Waals surface area contributed by atoms with Crippen molar-refractivity contribution in [1.82, 2.24) is 10.5 Å². The molecule has 8 nitrogen and oxygen atoms in total. The second kappa shape index (κ2) is 9.53. The number of furan rings is 1. The number of nitrogens with zero attached hydrogens (tertiary/aromatic N) is 1. The fourth-order valence-corrected chi connectivity index (χ4v) is 5.93. The van der Waals surface area contributed by atoms with Crippen LogP contribution in [0.2, 0.25) is 6.32 Å². The number of anilines is 1. The lowest BCUT2D eigenvalue weighted by Gasteiger charge is -2.27. The molecule has 190 valence electrons. The maximum absolute atomic E-state index is 13.6. The van der Waals surface area contributed by atoms with Crippen LogP contribution in [0.4, 0.5) is 10.1 Å². The van der Waals surface area contributed by atoms with E-state index in [4.69, 9.17) is 4.42 Å². The average molecular weight is 513 g/mol. The topological polar surface area (TPSA) is 112 Å². The van der Waals surface area contributed by atoms with E-state index < -0.39 is 22.9 Å². The van der Waals surface area contributed by atoms with Gasteiger partial charge in [-0.2, -0.15) is 0 Å². The van der Waals surface area contributed by atoms with E-state index in [1.165, 1.54) is 22.7 Å². The lowest BCUT2D eigenvalue weighted by Crippen LogP contribution is -2.36. The van der Waals surface area contributed by atoms with Crippen LogP contribution in [0.25, 0.3) is 22.3 Å². The maximum atomic E-state index is 13.6. The Morgan fingerprint density at radius 3 is 2.58 bits per heavy atom. The summed E-state index contributed by atoms with van der Waals surface area (Å²) in [6.45, 7) is 2.99. The van der Waals surface area contributed by atoms with Gasteiger partial charge in [-0.25, -0.2) is 12.8 Å². The molecule has 11 heteroatoms. The Morgan fingerprint density at radius 1 is 1.28 bits per heavy atom. The molecule has 2 aliphatic rings. The number of amides is 1. The summed E-state index contributed by atoms with van der Waals surface area (Å²) in [6.07, 6.45) is 3.50. The third-order valence-electron chi connectivity index (χ3n) is 6.82. The van der Waals surface area contributed by atoms with Crippen LogP contribution >= 0.6 is 0 Å². The molecular weight excluding hydrogens is 484 g/mol.